The van der Waals surface area contributed by atoms with Gasteiger partial charge in [-0.3, -0.25) is 0 Å². The maximum Gasteiger partial charge on any atom is 0.243 e. The molecular weight excluding hydrogens is 270 g/mol. The van der Waals surface area contributed by atoms with Crippen molar-refractivity contribution < 1.29 is 13.2 Å². The molecule has 0 amide bonds. The van der Waals surface area contributed by atoms with Crippen molar-refractivity contribution in [2.45, 2.75) is 23.8 Å². The number of rotatable bonds is 4. The van der Waals surface area contributed by atoms with Crippen LogP contribution in [0.5, 0.6) is 5.75 Å². The number of methoxy groups -OCH3 is 1. The van der Waals surface area contributed by atoms with Crippen molar-refractivity contribution in [3.05, 3.63) is 24.3 Å². The fourth-order valence-corrected chi connectivity index (χ4v) is 4.09. The summed E-state index contributed by atoms with van der Waals surface area (Å²) in [4.78, 5) is 0.284. The van der Waals surface area contributed by atoms with Crippen LogP contribution >= 0.6 is 12.2 Å². The summed E-state index contributed by atoms with van der Waals surface area (Å²) in [6.45, 7) is 0.534. The van der Waals surface area contributed by atoms with E-state index in [1.165, 1.54) is 9.67 Å². The first-order valence-corrected chi connectivity index (χ1v) is 7.62. The molecule has 1 aromatic carbocycles. The summed E-state index contributed by atoms with van der Waals surface area (Å²) >= 11 is 4.90. The normalized spacial score (nSPS) is 20.8. The van der Waals surface area contributed by atoms with Gasteiger partial charge in [-0.2, -0.15) is 4.31 Å². The SMILES string of the molecule is COc1ccc(S(=O)(=O)N2CCCC2C=S)cc1. The molecular formula is C12H15NO3S2. The highest BCUT2D eigenvalue weighted by Gasteiger charge is 2.33. The zero-order valence-electron chi connectivity index (χ0n) is 10.1. The van der Waals surface area contributed by atoms with Crippen LogP contribution in [0.4, 0.5) is 0 Å². The quantitative estimate of drug-likeness (QED) is 0.792. The monoisotopic (exact) mass is 285 g/mol. The zero-order chi connectivity index (χ0) is 13.2. The van der Waals surface area contributed by atoms with E-state index in [2.05, 4.69) is 0 Å². The van der Waals surface area contributed by atoms with Crippen LogP contribution in [0.15, 0.2) is 29.2 Å². The first kappa shape index (κ1) is 13.5. The van der Waals surface area contributed by atoms with Crippen LogP contribution < -0.4 is 4.74 Å². The Bertz CT molecular complexity index is 525. The fraction of sp³-hybridized carbons (Fsp3) is 0.417. The van der Waals surface area contributed by atoms with E-state index in [1.54, 1.807) is 31.4 Å². The molecule has 4 nitrogen and oxygen atoms in total. The van der Waals surface area contributed by atoms with Crippen molar-refractivity contribution in [2.75, 3.05) is 13.7 Å². The van der Waals surface area contributed by atoms with E-state index in [4.69, 9.17) is 17.0 Å². The molecule has 1 unspecified atom stereocenters. The number of ether oxygens (including phenoxy) is 1. The first-order valence-electron chi connectivity index (χ1n) is 5.71. The Labute approximate surface area is 113 Å². The summed E-state index contributed by atoms with van der Waals surface area (Å²) in [6, 6.07) is 6.26. The van der Waals surface area contributed by atoms with E-state index in [1.807, 2.05) is 0 Å². The molecule has 6 heteroatoms. The molecule has 0 bridgehead atoms. The highest BCUT2D eigenvalue weighted by Crippen LogP contribution is 2.26. The Morgan fingerprint density at radius 3 is 2.61 bits per heavy atom. The summed E-state index contributed by atoms with van der Waals surface area (Å²) in [5, 5.41) is 1.54. The predicted octanol–water partition coefficient (Wildman–Crippen LogP) is 1.85. The molecule has 1 heterocycles. The van der Waals surface area contributed by atoms with E-state index in [-0.39, 0.29) is 10.9 Å². The molecule has 0 aliphatic carbocycles. The van der Waals surface area contributed by atoms with Crippen LogP contribution in [0, 0.1) is 0 Å². The maximum atomic E-state index is 12.4. The topological polar surface area (TPSA) is 46.6 Å². The number of benzene rings is 1. The lowest BCUT2D eigenvalue weighted by Gasteiger charge is -2.20. The highest BCUT2D eigenvalue weighted by molar-refractivity contribution is 7.89. The van der Waals surface area contributed by atoms with Gasteiger partial charge in [0.1, 0.15) is 5.75 Å². The third-order valence-electron chi connectivity index (χ3n) is 3.07. The second-order valence-electron chi connectivity index (χ2n) is 4.14. The third-order valence-corrected chi connectivity index (χ3v) is 5.32. The molecule has 0 radical (unpaired) electrons. The Balaban J connectivity index is 2.32. The number of sulfonamides is 1. The Morgan fingerprint density at radius 1 is 1.39 bits per heavy atom. The van der Waals surface area contributed by atoms with Gasteiger partial charge in [0.2, 0.25) is 10.0 Å². The Kier molecular flexibility index (Phi) is 3.99. The summed E-state index contributed by atoms with van der Waals surface area (Å²) < 4.78 is 31.3. The fourth-order valence-electron chi connectivity index (χ4n) is 2.08. The molecule has 98 valence electrons. The average Bonchev–Trinajstić information content (AvgIpc) is 2.88. The first-order chi connectivity index (χ1) is 8.59. The standard InChI is InChI=1S/C12H15NO3S2/c1-16-11-4-6-12(7-5-11)18(14,15)13-8-2-3-10(13)9-17/h4-7,9-10H,2-3,8H2,1H3. The maximum absolute atomic E-state index is 12.4. The van der Waals surface area contributed by atoms with Gasteiger partial charge < -0.3 is 4.74 Å². The van der Waals surface area contributed by atoms with E-state index >= 15 is 0 Å². The van der Waals surface area contributed by atoms with Crippen LogP contribution in [0.25, 0.3) is 0 Å². The summed E-state index contributed by atoms with van der Waals surface area (Å²) in [5.74, 6) is 0.641. The van der Waals surface area contributed by atoms with E-state index in [9.17, 15) is 8.42 Å². The number of thiocarbonyl (C=S) groups is 1. The van der Waals surface area contributed by atoms with Crippen LogP contribution in [0.1, 0.15) is 12.8 Å². The third kappa shape index (κ3) is 2.41. The largest absolute Gasteiger partial charge is 0.497 e. The van der Waals surface area contributed by atoms with Crippen molar-refractivity contribution in [3.8, 4) is 5.75 Å². The van der Waals surface area contributed by atoms with Gasteiger partial charge in [-0.05, 0) is 42.5 Å². The molecule has 0 spiro atoms. The van der Waals surface area contributed by atoms with Crippen LogP contribution in [-0.2, 0) is 10.0 Å². The zero-order valence-corrected chi connectivity index (χ0v) is 11.7. The molecule has 0 saturated carbocycles. The van der Waals surface area contributed by atoms with Gasteiger partial charge >= 0.3 is 0 Å². The lowest BCUT2D eigenvalue weighted by molar-refractivity contribution is 0.414. The Hall–Kier alpha value is -0.980. The second kappa shape index (κ2) is 5.34. The van der Waals surface area contributed by atoms with Crippen molar-refractivity contribution in [3.63, 3.8) is 0 Å². The molecule has 18 heavy (non-hydrogen) atoms. The minimum Gasteiger partial charge on any atom is -0.497 e. The van der Waals surface area contributed by atoms with Crippen LogP contribution in [-0.4, -0.2) is 37.8 Å². The van der Waals surface area contributed by atoms with Gasteiger partial charge in [0.15, 0.2) is 0 Å². The van der Waals surface area contributed by atoms with Gasteiger partial charge in [-0.1, -0.05) is 12.2 Å². The van der Waals surface area contributed by atoms with Gasteiger partial charge in [0, 0.05) is 6.54 Å². The minimum absolute atomic E-state index is 0.160. The van der Waals surface area contributed by atoms with E-state index in [0.717, 1.165) is 12.8 Å². The number of nitrogens with zero attached hydrogens (tertiary/aromatic N) is 1. The molecule has 0 N–H and O–H groups in total. The molecule has 0 aromatic heterocycles. The molecule has 1 atom stereocenters. The lowest BCUT2D eigenvalue weighted by Crippen LogP contribution is -2.35. The van der Waals surface area contributed by atoms with Crippen LogP contribution in [0.3, 0.4) is 0 Å². The van der Waals surface area contributed by atoms with Gasteiger partial charge in [0.25, 0.3) is 0 Å². The molecule has 1 aliphatic heterocycles. The molecule has 1 saturated heterocycles. The van der Waals surface area contributed by atoms with E-state index in [0.29, 0.717) is 12.3 Å². The van der Waals surface area contributed by atoms with Gasteiger partial charge in [-0.15, -0.1) is 0 Å². The summed E-state index contributed by atoms with van der Waals surface area (Å²) in [5.41, 5.74) is 0. The number of hydrogen-bond acceptors (Lipinski definition) is 4. The second-order valence-corrected chi connectivity index (χ2v) is 6.30. The molecule has 1 fully saturated rings. The van der Waals surface area contributed by atoms with E-state index < -0.39 is 10.0 Å². The molecule has 1 aliphatic rings. The smallest absolute Gasteiger partial charge is 0.243 e. The highest BCUT2D eigenvalue weighted by atomic mass is 32.2. The Morgan fingerprint density at radius 2 is 2.06 bits per heavy atom. The predicted molar refractivity (Wildman–Crippen MR) is 73.6 cm³/mol. The van der Waals surface area contributed by atoms with Crippen LogP contribution in [0.2, 0.25) is 0 Å². The van der Waals surface area contributed by atoms with Crippen molar-refractivity contribution >= 4 is 27.6 Å². The molecule has 1 aromatic rings. The van der Waals surface area contributed by atoms with Gasteiger partial charge in [0.05, 0.1) is 18.0 Å². The van der Waals surface area contributed by atoms with Crippen molar-refractivity contribution in [1.82, 2.24) is 4.31 Å². The minimum atomic E-state index is -3.45. The van der Waals surface area contributed by atoms with Crippen molar-refractivity contribution in [2.24, 2.45) is 0 Å². The van der Waals surface area contributed by atoms with Gasteiger partial charge in [-0.25, -0.2) is 8.42 Å². The average molecular weight is 285 g/mol. The molecule has 2 rings (SSSR count). The number of hydrogen-bond donors (Lipinski definition) is 0. The summed E-state index contributed by atoms with van der Waals surface area (Å²) in [6.07, 6.45) is 1.66. The van der Waals surface area contributed by atoms with Crippen molar-refractivity contribution in [1.29, 1.82) is 0 Å². The summed E-state index contributed by atoms with van der Waals surface area (Å²) in [7, 11) is -1.90. The lowest BCUT2D eigenvalue weighted by atomic mass is 10.3.